The summed E-state index contributed by atoms with van der Waals surface area (Å²) in [7, 11) is -17.7. The summed E-state index contributed by atoms with van der Waals surface area (Å²) in [4.78, 5) is 2.10. The van der Waals surface area contributed by atoms with Crippen LogP contribution in [-0.4, -0.2) is 42.1 Å². The molecule has 4 bridgehead atoms. The van der Waals surface area contributed by atoms with Crippen LogP contribution in [-0.2, 0) is 72.9 Å². The zero-order chi connectivity index (χ0) is 98.7. The summed E-state index contributed by atoms with van der Waals surface area (Å²) in [5, 5.41) is 0. The Hall–Kier alpha value is -12.0. The first kappa shape index (κ1) is 98.4. The van der Waals surface area contributed by atoms with E-state index in [1.54, 1.807) is 84.9 Å². The van der Waals surface area contributed by atoms with E-state index in [4.69, 9.17) is 0 Å². The molecule has 0 radical (unpaired) electrons. The van der Waals surface area contributed by atoms with E-state index in [1.165, 1.54) is 69.8 Å². The predicted molar refractivity (Wildman–Crippen MR) is 575 cm³/mol. The van der Waals surface area contributed by atoms with Crippen LogP contribution < -0.4 is 0 Å². The molecule has 10 nitrogen and oxygen atoms in total. The molecule has 730 valence electrons. The number of rotatable bonds is 28. The predicted octanol–water partition coefficient (Wildman–Crippen LogP) is 29.4. The normalized spacial score (nSPS) is 27.8. The molecule has 15 heteroatoms. The molecule has 15 aromatic rings. The fraction of sp³-hybridized carbons (Fsp3) is 0.297. The minimum atomic E-state index is -3.61. The summed E-state index contributed by atoms with van der Waals surface area (Å²) < 4.78 is 136. The quantitative estimate of drug-likeness (QED) is 0.0430. The lowest BCUT2D eigenvalue weighted by atomic mass is 9.48. The topological polar surface area (TPSA) is 171 Å². The summed E-state index contributed by atoms with van der Waals surface area (Å²) in [6.07, 6.45) is 20.1. The highest BCUT2D eigenvalue weighted by Gasteiger charge is 2.78. The van der Waals surface area contributed by atoms with E-state index < -0.39 is 72.9 Å². The van der Waals surface area contributed by atoms with Crippen LogP contribution in [0.25, 0.3) is 0 Å². The van der Waals surface area contributed by atoms with Crippen molar-refractivity contribution in [1.29, 1.82) is 0 Å². The maximum atomic E-state index is 14.7. The van der Waals surface area contributed by atoms with Crippen molar-refractivity contribution in [3.8, 4) is 0 Å². The minimum absolute atomic E-state index is 0.00749. The Balaban J connectivity index is 0.000000110. The van der Waals surface area contributed by atoms with Crippen molar-refractivity contribution in [3.05, 3.63) is 511 Å². The Morgan fingerprint density at radius 2 is 0.503 bits per heavy atom. The van der Waals surface area contributed by atoms with E-state index in [2.05, 4.69) is 67.6 Å². The maximum absolute atomic E-state index is 14.7. The number of hydrogen-bond donors (Lipinski definition) is 0. The van der Waals surface area contributed by atoms with Crippen molar-refractivity contribution in [1.82, 2.24) is 0 Å². The third kappa shape index (κ3) is 17.8. The van der Waals surface area contributed by atoms with E-state index in [1.807, 2.05) is 316 Å². The molecule has 0 unspecified atom stereocenters. The van der Waals surface area contributed by atoms with Crippen molar-refractivity contribution < 1.29 is 42.1 Å². The number of hydrogen-bond acceptors (Lipinski definition) is 10. The summed E-state index contributed by atoms with van der Waals surface area (Å²) in [6.45, 7) is 4.23. The van der Waals surface area contributed by atoms with Gasteiger partial charge in [0.25, 0.3) is 0 Å². The highest BCUT2D eigenvalue weighted by molar-refractivity contribution is 7.94. The van der Waals surface area contributed by atoms with Gasteiger partial charge in [-0.25, -0.2) is 42.1 Å². The first-order valence-electron chi connectivity index (χ1n) is 51.6. The molecular weight excluding hydrogens is 1860 g/mol. The van der Waals surface area contributed by atoms with Crippen LogP contribution in [0.5, 0.6) is 0 Å². The van der Waals surface area contributed by atoms with Crippen molar-refractivity contribution >= 4 is 49.2 Å². The maximum Gasteiger partial charge on any atom is 0.189 e. The van der Waals surface area contributed by atoms with Crippen molar-refractivity contribution in [2.45, 2.75) is 201 Å². The second-order valence-electron chi connectivity index (χ2n) is 41.8. The molecule has 0 spiro atoms. The molecule has 0 heterocycles. The van der Waals surface area contributed by atoms with E-state index in [0.717, 1.165) is 106 Å². The standard InChI is InChI=1S/C32H34O2S.C27H28O2S.C26H28O2S.C22H20O2S.C21H18O2S/c33-35(34,28-14-8-3-9-15-28)32(27-12-6-2-7-13-27)29(30(32)26-10-4-1-5-11-26)22-31-19-23-16-24(20-31)18-25(17-23)21-31;28-30(29,24-18-8-3-9-19-24)27(23-16-6-2-7-17-23)25(20-21-12-10-11-13-21)26(27)22-14-4-1-5-15-22;1-2-3-7-20-24-25(21-14-8-4-9-15-21)26(24,22-16-10-5-11-17-22)29(27,28)23-18-12-6-13-19-23;1-17-21(18-11-5-2-6-12-18)22(17,19-13-7-3-8-14-19)25(23,24)20-15-9-4-10-16-20;22-24(23,19-14-8-3-9-15-19)21(18-12-6-2-7-13-18)16-20(21)17-10-4-1-5-11-17/h1-15,23-25,29-30H,16-22H2;1-9,14-19,21,25-26H,10-13,20H2;4-6,8-19,24-25H,2-3,7,20H2,1H3;2-17,21H,1H3;1-15,20H,16H2/t23?,24?,25?,29-,30-,31?,32-;25-,26-,27-;24-,25-,26-;17-,21+,22+;20-,21-/m00001/s1. The van der Waals surface area contributed by atoms with Gasteiger partial charge in [-0.15, -0.1) is 0 Å². The molecule has 0 aliphatic heterocycles. The summed E-state index contributed by atoms with van der Waals surface area (Å²) >= 11 is 0. The molecule has 25 rings (SSSR count). The molecule has 15 aromatic carbocycles. The molecule has 10 saturated carbocycles. The van der Waals surface area contributed by atoms with E-state index in [0.29, 0.717) is 42.2 Å². The molecule has 10 aliphatic carbocycles. The van der Waals surface area contributed by atoms with E-state index in [-0.39, 0.29) is 53.3 Å². The molecule has 0 aromatic heterocycles. The third-order valence-electron chi connectivity index (χ3n) is 33.9. The molecule has 0 N–H and O–H groups in total. The van der Waals surface area contributed by atoms with Gasteiger partial charge in [0.2, 0.25) is 0 Å². The number of unbranched alkanes of at least 4 members (excludes halogenated alkanes) is 2. The monoisotopic (exact) mass is 1980 g/mol. The third-order valence-corrected chi connectivity index (χ3v) is 46.8. The molecule has 143 heavy (non-hydrogen) atoms. The highest BCUT2D eigenvalue weighted by atomic mass is 32.2. The molecule has 10 aliphatic rings. The molecule has 0 saturated heterocycles. The van der Waals surface area contributed by atoms with Crippen molar-refractivity contribution in [2.24, 2.45) is 52.8 Å². The van der Waals surface area contributed by atoms with Gasteiger partial charge in [0.1, 0.15) is 23.7 Å². The highest BCUT2D eigenvalue weighted by Crippen LogP contribution is 2.78. The van der Waals surface area contributed by atoms with Crippen LogP contribution in [0.1, 0.15) is 208 Å². The van der Waals surface area contributed by atoms with Gasteiger partial charge < -0.3 is 0 Å². The zero-order valence-electron chi connectivity index (χ0n) is 81.5. The second kappa shape index (κ2) is 40.9. The number of sulfone groups is 5. The lowest BCUT2D eigenvalue weighted by molar-refractivity contribution is -0.0608. The van der Waals surface area contributed by atoms with Crippen LogP contribution >= 0.6 is 0 Å². The van der Waals surface area contributed by atoms with Gasteiger partial charge in [-0.3, -0.25) is 0 Å². The average molecular weight is 1990 g/mol. The van der Waals surface area contributed by atoms with Crippen LogP contribution in [0.3, 0.4) is 0 Å². The fourth-order valence-corrected chi connectivity index (χ4v) is 40.5. The van der Waals surface area contributed by atoms with Gasteiger partial charge >= 0.3 is 0 Å². The van der Waals surface area contributed by atoms with Crippen LogP contribution in [0.2, 0.25) is 0 Å². The SMILES string of the molecule is CCCCC[C@H]1[C@H](c2ccccc2)[C@@]1(c1ccccc1)S(=O)(=O)c1ccccc1.C[C@H]1[C@H](c2ccccc2)[C@@]1(c1ccccc1)S(=O)(=O)c1ccccc1.O=S(=O)(c1ccccc1)[C@@]1(c2ccccc2)C[C@@H]1c1ccccc1.O=S(=O)(c1ccccc1)[C@@]1(c2ccccc2)[C@@H](CC23CC4CC(CC(C4)C2)C3)[C@@H]1c1ccccc1.O=S(=O)(c1ccccc1)[C@@]1(c2ccccc2)[C@@H](CC2CCCC2)[C@@H]1c1ccccc1. The smallest absolute Gasteiger partial charge is 0.189 e. The van der Waals surface area contributed by atoms with Crippen molar-refractivity contribution in [3.63, 3.8) is 0 Å². The first-order chi connectivity index (χ1) is 69.6. The van der Waals surface area contributed by atoms with Gasteiger partial charge in [0.15, 0.2) is 49.2 Å². The zero-order valence-corrected chi connectivity index (χ0v) is 85.5. The Bertz CT molecular complexity index is 7380. The Morgan fingerprint density at radius 1 is 0.252 bits per heavy atom. The fourth-order valence-electron chi connectivity index (χ4n) is 28.0. The molecule has 10 fully saturated rings. The van der Waals surface area contributed by atoms with E-state index >= 15 is 0 Å². The van der Waals surface area contributed by atoms with Gasteiger partial charge in [-0.1, -0.05) is 453 Å². The van der Waals surface area contributed by atoms with Crippen LogP contribution in [0.15, 0.2) is 479 Å². The largest absolute Gasteiger partial charge is 0.223 e. The first-order valence-corrected chi connectivity index (χ1v) is 59.0. The van der Waals surface area contributed by atoms with Crippen molar-refractivity contribution in [2.75, 3.05) is 0 Å². The van der Waals surface area contributed by atoms with Gasteiger partial charge in [-0.2, -0.15) is 0 Å². The molecule has 14 atom stereocenters. The summed E-state index contributed by atoms with van der Waals surface area (Å²) in [5.74, 6) is 3.47. The van der Waals surface area contributed by atoms with E-state index in [9.17, 15) is 42.1 Å². The number of benzene rings is 15. The van der Waals surface area contributed by atoms with Gasteiger partial charge in [0.05, 0.1) is 24.5 Å². The van der Waals surface area contributed by atoms with Gasteiger partial charge in [-0.05, 0) is 233 Å². The second-order valence-corrected chi connectivity index (χ2v) is 52.6. The lowest BCUT2D eigenvalue weighted by Crippen LogP contribution is -2.46. The average Bonchev–Trinajstić information content (AvgIpc) is 1.51. The Labute approximate surface area is 848 Å². The Morgan fingerprint density at radius 3 is 0.832 bits per heavy atom. The van der Waals surface area contributed by atoms with Gasteiger partial charge in [0, 0.05) is 29.6 Å². The lowest BCUT2D eigenvalue weighted by Gasteiger charge is -2.57. The summed E-state index contributed by atoms with van der Waals surface area (Å²) in [6, 6.07) is 145. The Kier molecular flexibility index (Phi) is 28.2. The summed E-state index contributed by atoms with van der Waals surface area (Å²) in [5.41, 5.74) is 10.5. The van der Waals surface area contributed by atoms with Crippen LogP contribution in [0.4, 0.5) is 0 Å². The molecule has 0 amide bonds. The minimum Gasteiger partial charge on any atom is -0.223 e. The van der Waals surface area contributed by atoms with Crippen LogP contribution in [0, 0.1) is 52.8 Å². The molecular formula is C128H128O10S5.